The zero-order valence-corrected chi connectivity index (χ0v) is 24.3. The van der Waals surface area contributed by atoms with Gasteiger partial charge in [0.05, 0.1) is 18.8 Å². The summed E-state index contributed by atoms with van der Waals surface area (Å²) in [4.78, 5) is 26.4. The molecule has 1 amide bonds. The van der Waals surface area contributed by atoms with E-state index in [0.29, 0.717) is 40.8 Å². The van der Waals surface area contributed by atoms with Crippen LogP contribution in [0.3, 0.4) is 0 Å². The Hall–Kier alpha value is -4.09. The van der Waals surface area contributed by atoms with Crippen LogP contribution in [0.5, 0.6) is 11.5 Å². The predicted octanol–water partition coefficient (Wildman–Crippen LogP) is 6.99. The number of carbonyl (C=O) groups is 2. The molecule has 0 saturated carbocycles. The van der Waals surface area contributed by atoms with E-state index in [4.69, 9.17) is 14.2 Å². The lowest BCUT2D eigenvalue weighted by atomic mass is 10.0. The van der Waals surface area contributed by atoms with Gasteiger partial charge in [-0.1, -0.05) is 23.8 Å². The molecule has 0 fully saturated rings. The summed E-state index contributed by atoms with van der Waals surface area (Å²) in [6, 6.07) is 11.5. The maximum Gasteiger partial charge on any atom is 0.341 e. The Labute approximate surface area is 234 Å². The summed E-state index contributed by atoms with van der Waals surface area (Å²) in [5.74, 6) is -0.0431. The summed E-state index contributed by atoms with van der Waals surface area (Å²) in [6.07, 6.45) is 1.48. The highest BCUT2D eigenvalue weighted by Crippen LogP contribution is 2.34. The molecule has 8 heteroatoms. The van der Waals surface area contributed by atoms with Gasteiger partial charge in [0.2, 0.25) is 0 Å². The molecule has 1 N–H and O–H groups in total. The molecular formula is C31H34N2O5S. The molecule has 0 radical (unpaired) electrons. The third-order valence-electron chi connectivity index (χ3n) is 6.25. The number of carbonyl (C=O) groups excluding carboxylic acids is 2. The van der Waals surface area contributed by atoms with Gasteiger partial charge in [-0.15, -0.1) is 11.3 Å². The predicted molar refractivity (Wildman–Crippen MR) is 155 cm³/mol. The van der Waals surface area contributed by atoms with Crippen LogP contribution in [0, 0.1) is 45.9 Å². The zero-order valence-electron chi connectivity index (χ0n) is 23.5. The van der Waals surface area contributed by atoms with Gasteiger partial charge < -0.3 is 19.5 Å². The Bertz CT molecular complexity index is 1440. The SMILES string of the molecule is CCOC(=O)c1c(NC(=O)C(C#N)=Cc2ccc(OCc3c(C)cc(C)cc3C)c(OCC)c2)sc(C)c1C. The number of nitrogens with zero attached hydrogens (tertiary/aromatic N) is 1. The van der Waals surface area contributed by atoms with E-state index in [1.807, 2.05) is 19.9 Å². The molecule has 0 aliphatic heterocycles. The van der Waals surface area contributed by atoms with Crippen molar-refractivity contribution in [2.75, 3.05) is 18.5 Å². The van der Waals surface area contributed by atoms with Crippen molar-refractivity contribution in [1.29, 1.82) is 5.26 Å². The van der Waals surface area contributed by atoms with Crippen molar-refractivity contribution in [2.24, 2.45) is 0 Å². The molecule has 0 aliphatic carbocycles. The van der Waals surface area contributed by atoms with Gasteiger partial charge >= 0.3 is 5.97 Å². The first-order chi connectivity index (χ1) is 18.6. The lowest BCUT2D eigenvalue weighted by molar-refractivity contribution is -0.112. The molecular weight excluding hydrogens is 512 g/mol. The molecule has 0 spiro atoms. The maximum atomic E-state index is 13.0. The summed E-state index contributed by atoms with van der Waals surface area (Å²) < 4.78 is 17.1. The fraction of sp³-hybridized carbons (Fsp3) is 0.323. The van der Waals surface area contributed by atoms with Gasteiger partial charge in [-0.25, -0.2) is 4.79 Å². The number of nitriles is 1. The third kappa shape index (κ3) is 7.06. The molecule has 2 aromatic carbocycles. The minimum Gasteiger partial charge on any atom is -0.490 e. The van der Waals surface area contributed by atoms with Crippen LogP contribution in [0.1, 0.15) is 62.5 Å². The second-order valence-electron chi connectivity index (χ2n) is 9.14. The minimum atomic E-state index is -0.618. The van der Waals surface area contributed by atoms with Gasteiger partial charge in [0.15, 0.2) is 11.5 Å². The number of nitrogens with one attached hydrogen (secondary N) is 1. The largest absolute Gasteiger partial charge is 0.490 e. The first-order valence-corrected chi connectivity index (χ1v) is 13.6. The fourth-order valence-corrected chi connectivity index (χ4v) is 5.28. The van der Waals surface area contributed by atoms with Crippen molar-refractivity contribution >= 4 is 34.3 Å². The second kappa shape index (κ2) is 13.1. The Morgan fingerprint density at radius 3 is 2.28 bits per heavy atom. The van der Waals surface area contributed by atoms with E-state index in [9.17, 15) is 14.9 Å². The van der Waals surface area contributed by atoms with E-state index < -0.39 is 11.9 Å². The standard InChI is InChI=1S/C31H34N2O5S/c1-8-36-27-15-23(10-11-26(27)38-17-25-19(4)12-18(3)13-20(25)5)14-24(16-32)29(34)33-30-28(31(35)37-9-2)21(6)22(7)39-30/h10-15H,8-9,17H2,1-7H3,(H,33,34). The first kappa shape index (κ1) is 29.5. The zero-order chi connectivity index (χ0) is 28.7. The van der Waals surface area contributed by atoms with Gasteiger partial charge in [-0.2, -0.15) is 5.26 Å². The van der Waals surface area contributed by atoms with E-state index in [0.717, 1.165) is 27.1 Å². The van der Waals surface area contributed by atoms with Crippen LogP contribution in [0.2, 0.25) is 0 Å². The van der Waals surface area contributed by atoms with Crippen LogP contribution in [0.15, 0.2) is 35.9 Å². The Balaban J connectivity index is 1.85. The molecule has 0 aliphatic rings. The Kier molecular flexibility index (Phi) is 9.91. The number of anilines is 1. The van der Waals surface area contributed by atoms with E-state index in [1.165, 1.54) is 23.0 Å². The lowest BCUT2D eigenvalue weighted by Crippen LogP contribution is -2.16. The van der Waals surface area contributed by atoms with Crippen molar-refractivity contribution in [3.05, 3.63) is 79.7 Å². The number of esters is 1. The smallest absolute Gasteiger partial charge is 0.341 e. The quantitative estimate of drug-likeness (QED) is 0.167. The Morgan fingerprint density at radius 2 is 1.67 bits per heavy atom. The molecule has 0 bridgehead atoms. The molecule has 204 valence electrons. The summed E-state index contributed by atoms with van der Waals surface area (Å²) in [7, 11) is 0. The number of thiophene rings is 1. The van der Waals surface area contributed by atoms with Crippen LogP contribution in [-0.4, -0.2) is 25.1 Å². The summed E-state index contributed by atoms with van der Waals surface area (Å²) in [6.45, 7) is 14.5. The molecule has 3 rings (SSSR count). The van der Waals surface area contributed by atoms with Crippen LogP contribution < -0.4 is 14.8 Å². The van der Waals surface area contributed by atoms with E-state index in [2.05, 4.69) is 38.2 Å². The van der Waals surface area contributed by atoms with Crippen molar-refractivity contribution in [3.8, 4) is 17.6 Å². The number of hydrogen-bond acceptors (Lipinski definition) is 7. The highest BCUT2D eigenvalue weighted by molar-refractivity contribution is 7.16. The normalized spacial score (nSPS) is 11.1. The van der Waals surface area contributed by atoms with E-state index in [-0.39, 0.29) is 12.2 Å². The van der Waals surface area contributed by atoms with Gasteiger partial charge in [-0.05, 0) is 94.5 Å². The number of hydrogen-bond donors (Lipinski definition) is 1. The molecule has 7 nitrogen and oxygen atoms in total. The van der Waals surface area contributed by atoms with E-state index in [1.54, 1.807) is 32.0 Å². The summed E-state index contributed by atoms with van der Waals surface area (Å²) in [5.41, 5.74) is 6.19. The third-order valence-corrected chi connectivity index (χ3v) is 7.37. The number of amides is 1. The van der Waals surface area contributed by atoms with Crippen LogP contribution in [0.25, 0.3) is 6.08 Å². The molecule has 0 saturated heterocycles. The van der Waals surface area contributed by atoms with Crippen molar-refractivity contribution in [3.63, 3.8) is 0 Å². The molecule has 3 aromatic rings. The maximum absolute atomic E-state index is 13.0. The van der Waals surface area contributed by atoms with Crippen molar-refractivity contribution in [1.82, 2.24) is 0 Å². The molecule has 1 heterocycles. The monoisotopic (exact) mass is 546 g/mol. The second-order valence-corrected chi connectivity index (χ2v) is 10.4. The number of benzene rings is 2. The fourth-order valence-electron chi connectivity index (χ4n) is 4.24. The number of ether oxygens (including phenoxy) is 3. The molecule has 39 heavy (non-hydrogen) atoms. The van der Waals surface area contributed by atoms with Gasteiger partial charge in [0, 0.05) is 4.88 Å². The minimum absolute atomic E-state index is 0.115. The number of rotatable bonds is 10. The molecule has 0 atom stereocenters. The first-order valence-electron chi connectivity index (χ1n) is 12.8. The van der Waals surface area contributed by atoms with Gasteiger partial charge in [-0.3, -0.25) is 4.79 Å². The van der Waals surface area contributed by atoms with Crippen LogP contribution in [0.4, 0.5) is 5.00 Å². The topological polar surface area (TPSA) is 97.7 Å². The van der Waals surface area contributed by atoms with Crippen molar-refractivity contribution in [2.45, 2.75) is 55.1 Å². The lowest BCUT2D eigenvalue weighted by Gasteiger charge is -2.16. The Morgan fingerprint density at radius 1 is 0.974 bits per heavy atom. The summed E-state index contributed by atoms with van der Waals surface area (Å²) in [5, 5.41) is 12.8. The average molecular weight is 547 g/mol. The van der Waals surface area contributed by atoms with Gasteiger partial charge in [0.1, 0.15) is 23.3 Å². The summed E-state index contributed by atoms with van der Waals surface area (Å²) >= 11 is 1.27. The average Bonchev–Trinajstić information content (AvgIpc) is 3.15. The van der Waals surface area contributed by atoms with E-state index >= 15 is 0 Å². The number of aryl methyl sites for hydroxylation is 4. The van der Waals surface area contributed by atoms with Crippen LogP contribution in [-0.2, 0) is 16.1 Å². The van der Waals surface area contributed by atoms with Crippen molar-refractivity contribution < 1.29 is 23.8 Å². The molecule has 0 unspecified atom stereocenters. The van der Waals surface area contributed by atoms with Gasteiger partial charge in [0.25, 0.3) is 5.91 Å². The molecule has 1 aromatic heterocycles. The van der Waals surface area contributed by atoms with Crippen LogP contribution >= 0.6 is 11.3 Å². The highest BCUT2D eigenvalue weighted by Gasteiger charge is 2.23. The highest BCUT2D eigenvalue weighted by atomic mass is 32.1.